The van der Waals surface area contributed by atoms with Crippen molar-refractivity contribution in [2.24, 2.45) is 11.3 Å². The number of hydrogen-bond acceptors (Lipinski definition) is 4. The van der Waals surface area contributed by atoms with E-state index in [-0.39, 0.29) is 41.4 Å². The van der Waals surface area contributed by atoms with Gasteiger partial charge >= 0.3 is 6.18 Å². The second-order valence-corrected chi connectivity index (χ2v) is 10.6. The minimum atomic E-state index is -4.38. The Hall–Kier alpha value is -2.98. The number of imidazole rings is 1. The Labute approximate surface area is 224 Å². The highest BCUT2D eigenvalue weighted by Gasteiger charge is 2.53. The monoisotopic (exact) mass is 549 g/mol. The number of hydrogen-bond donors (Lipinski definition) is 2. The molecule has 0 bridgehead atoms. The molecule has 2 aliphatic rings. The van der Waals surface area contributed by atoms with E-state index in [0.717, 1.165) is 24.0 Å². The Bertz CT molecular complexity index is 1260. The third-order valence-corrected chi connectivity index (χ3v) is 8.17. The first-order valence-electron chi connectivity index (χ1n) is 13.1. The average molecular weight is 550 g/mol. The molecule has 0 amide bonds. The fraction of sp³-hybridized carbons (Fsp3) is 0.483. The number of nitrogens with zero attached hydrogens (tertiary/aromatic N) is 1. The highest BCUT2D eigenvalue weighted by Crippen LogP contribution is 2.61. The van der Waals surface area contributed by atoms with E-state index in [2.05, 4.69) is 15.3 Å². The third kappa shape index (κ3) is 5.82. The van der Waals surface area contributed by atoms with E-state index in [0.29, 0.717) is 36.6 Å². The Kier molecular flexibility index (Phi) is 7.96. The average Bonchev–Trinajstić information content (AvgIpc) is 3.63. The fourth-order valence-electron chi connectivity index (χ4n) is 6.55. The number of ether oxygens (including phenoxy) is 2. The SMILES string of the molecule is COc1ccc(-c2[nH]cnc2CC(F)(F)F)cc1[C@@H]1C[C@@]2(CC[C@H](CNCCF)[C@H]2c2ccc(F)cc2)CO1. The van der Waals surface area contributed by atoms with Crippen LogP contribution in [0.4, 0.5) is 22.0 Å². The topological polar surface area (TPSA) is 59.2 Å². The van der Waals surface area contributed by atoms with E-state index in [1.165, 1.54) is 18.5 Å². The van der Waals surface area contributed by atoms with Gasteiger partial charge in [0.2, 0.25) is 0 Å². The molecular formula is C29H32F5N3O2. The van der Waals surface area contributed by atoms with Gasteiger partial charge in [0.05, 0.1) is 44.0 Å². The number of halogens is 5. The third-order valence-electron chi connectivity index (χ3n) is 8.17. The quantitative estimate of drug-likeness (QED) is 0.235. The van der Waals surface area contributed by atoms with Gasteiger partial charge in [-0.25, -0.2) is 13.8 Å². The highest BCUT2D eigenvalue weighted by molar-refractivity contribution is 5.65. The molecule has 5 nitrogen and oxygen atoms in total. The molecule has 1 aliphatic heterocycles. The lowest BCUT2D eigenvalue weighted by Gasteiger charge is -2.34. The summed E-state index contributed by atoms with van der Waals surface area (Å²) in [6.07, 6.45) is -2.09. The molecule has 1 aromatic heterocycles. The standard InChI is InChI=1S/C29H32F5N3O2/c1-38-24-7-4-19(27-23(36-17-37-27)13-29(32,33)34)12-22(24)25-14-28(16-39-25)9-8-20(15-35-11-10-30)26(28)18-2-5-21(31)6-3-18/h2-7,12,17,20,25-26,35H,8-11,13-16H2,1H3,(H,36,37)/t20-,25+,26-,28+/m1/s1. The predicted molar refractivity (Wildman–Crippen MR) is 137 cm³/mol. The van der Waals surface area contributed by atoms with Crippen LogP contribution in [0.25, 0.3) is 11.3 Å². The van der Waals surface area contributed by atoms with Crippen molar-refractivity contribution < 1.29 is 31.4 Å². The highest BCUT2D eigenvalue weighted by atomic mass is 19.4. The first-order valence-corrected chi connectivity index (χ1v) is 13.1. The normalized spacial score (nSPS) is 25.0. The molecule has 2 aromatic carbocycles. The zero-order chi connectivity index (χ0) is 27.6. The summed E-state index contributed by atoms with van der Waals surface area (Å²) in [7, 11) is 1.55. The van der Waals surface area contributed by atoms with Gasteiger partial charge in [-0.2, -0.15) is 13.2 Å². The van der Waals surface area contributed by atoms with Crippen LogP contribution in [-0.2, 0) is 11.2 Å². The molecule has 5 rings (SSSR count). The zero-order valence-corrected chi connectivity index (χ0v) is 21.7. The minimum absolute atomic E-state index is 0.0711. The summed E-state index contributed by atoms with van der Waals surface area (Å²) in [5, 5.41) is 3.20. The lowest BCUT2D eigenvalue weighted by molar-refractivity contribution is -0.127. The summed E-state index contributed by atoms with van der Waals surface area (Å²) in [5.41, 5.74) is 2.38. The largest absolute Gasteiger partial charge is 0.496 e. The van der Waals surface area contributed by atoms with Crippen LogP contribution in [0.1, 0.15) is 48.1 Å². The van der Waals surface area contributed by atoms with Crippen LogP contribution >= 0.6 is 0 Å². The number of alkyl halides is 4. The van der Waals surface area contributed by atoms with Crippen LogP contribution in [0, 0.1) is 17.2 Å². The molecule has 3 aromatic rings. The lowest BCUT2D eigenvalue weighted by atomic mass is 9.70. The molecular weight excluding hydrogens is 517 g/mol. The number of aromatic amines is 1. The molecule has 4 atom stereocenters. The second kappa shape index (κ2) is 11.3. The van der Waals surface area contributed by atoms with Crippen molar-refractivity contribution in [3.05, 3.63) is 71.4 Å². The second-order valence-electron chi connectivity index (χ2n) is 10.6. The molecule has 210 valence electrons. The minimum Gasteiger partial charge on any atom is -0.496 e. The summed E-state index contributed by atoms with van der Waals surface area (Å²) >= 11 is 0. The van der Waals surface area contributed by atoms with Crippen molar-refractivity contribution in [1.29, 1.82) is 0 Å². The smallest absolute Gasteiger partial charge is 0.394 e. The number of H-pyrrole nitrogens is 1. The van der Waals surface area contributed by atoms with Gasteiger partial charge in [-0.15, -0.1) is 0 Å². The van der Waals surface area contributed by atoms with Gasteiger partial charge < -0.3 is 19.8 Å². The van der Waals surface area contributed by atoms with Crippen molar-refractivity contribution in [3.8, 4) is 17.0 Å². The summed E-state index contributed by atoms with van der Waals surface area (Å²) in [4.78, 5) is 6.75. The van der Waals surface area contributed by atoms with Gasteiger partial charge in [-0.3, -0.25) is 0 Å². The lowest BCUT2D eigenvalue weighted by Crippen LogP contribution is -2.32. The molecule has 2 heterocycles. The maximum atomic E-state index is 13.8. The number of nitrogens with one attached hydrogen (secondary N) is 2. The molecule has 1 aliphatic carbocycles. The number of benzene rings is 2. The molecule has 39 heavy (non-hydrogen) atoms. The molecule has 2 fully saturated rings. The van der Waals surface area contributed by atoms with Gasteiger partial charge in [-0.1, -0.05) is 12.1 Å². The molecule has 1 saturated heterocycles. The van der Waals surface area contributed by atoms with Gasteiger partial charge in [0.25, 0.3) is 0 Å². The Morgan fingerprint density at radius 2 is 1.97 bits per heavy atom. The van der Waals surface area contributed by atoms with Gasteiger partial charge in [-0.05, 0) is 73.5 Å². The van der Waals surface area contributed by atoms with E-state index < -0.39 is 19.3 Å². The van der Waals surface area contributed by atoms with Gasteiger partial charge in [0.1, 0.15) is 18.2 Å². The molecule has 1 saturated carbocycles. The molecule has 1 spiro atoms. The molecule has 2 N–H and O–H groups in total. The number of methoxy groups -OCH3 is 1. The van der Waals surface area contributed by atoms with Crippen LogP contribution in [0.5, 0.6) is 5.75 Å². The van der Waals surface area contributed by atoms with Crippen molar-refractivity contribution in [2.75, 3.05) is 33.5 Å². The fourth-order valence-corrected chi connectivity index (χ4v) is 6.55. The summed E-state index contributed by atoms with van der Waals surface area (Å²) < 4.78 is 77.9. The van der Waals surface area contributed by atoms with Crippen LogP contribution in [0.2, 0.25) is 0 Å². The molecule has 0 unspecified atom stereocenters. The van der Waals surface area contributed by atoms with Gasteiger partial charge in [0.15, 0.2) is 0 Å². The van der Waals surface area contributed by atoms with E-state index in [1.54, 1.807) is 19.2 Å². The van der Waals surface area contributed by atoms with E-state index >= 15 is 0 Å². The maximum Gasteiger partial charge on any atom is 0.394 e. The van der Waals surface area contributed by atoms with Crippen molar-refractivity contribution >= 4 is 0 Å². The Morgan fingerprint density at radius 3 is 2.69 bits per heavy atom. The summed E-state index contributed by atoms with van der Waals surface area (Å²) in [5.74, 6) is 0.599. The van der Waals surface area contributed by atoms with Crippen LogP contribution in [0.3, 0.4) is 0 Å². The first kappa shape index (κ1) is 27.6. The van der Waals surface area contributed by atoms with Crippen molar-refractivity contribution in [1.82, 2.24) is 15.3 Å². The van der Waals surface area contributed by atoms with E-state index in [9.17, 15) is 22.0 Å². The first-order chi connectivity index (χ1) is 18.7. The van der Waals surface area contributed by atoms with E-state index in [4.69, 9.17) is 9.47 Å². The van der Waals surface area contributed by atoms with Gasteiger partial charge in [0, 0.05) is 23.1 Å². The van der Waals surface area contributed by atoms with Crippen LogP contribution < -0.4 is 10.1 Å². The van der Waals surface area contributed by atoms with Crippen molar-refractivity contribution in [3.63, 3.8) is 0 Å². The molecule has 0 radical (unpaired) electrons. The number of aromatic nitrogens is 2. The van der Waals surface area contributed by atoms with E-state index in [1.807, 2.05) is 18.2 Å². The Morgan fingerprint density at radius 1 is 1.18 bits per heavy atom. The molecule has 10 heteroatoms. The maximum absolute atomic E-state index is 13.8. The Balaban J connectivity index is 1.45. The van der Waals surface area contributed by atoms with Crippen LogP contribution in [-0.4, -0.2) is 49.6 Å². The predicted octanol–water partition coefficient (Wildman–Crippen LogP) is 6.53. The van der Waals surface area contributed by atoms with Crippen LogP contribution in [0.15, 0.2) is 48.8 Å². The summed E-state index contributed by atoms with van der Waals surface area (Å²) in [6, 6.07) is 11.9. The van der Waals surface area contributed by atoms with Crippen molar-refractivity contribution in [2.45, 2.75) is 43.9 Å². The zero-order valence-electron chi connectivity index (χ0n) is 21.7. The number of rotatable bonds is 9. The summed E-state index contributed by atoms with van der Waals surface area (Å²) in [6.45, 7) is 0.975.